The molecule has 26 heavy (non-hydrogen) atoms. The Labute approximate surface area is 183 Å². The predicted molar refractivity (Wildman–Crippen MR) is 104 cm³/mol. The monoisotopic (exact) mass is 390 g/mol. The molecule has 144 valence electrons. The van der Waals surface area contributed by atoms with Gasteiger partial charge >= 0.3 is 29.6 Å². The molecule has 5 heteroatoms. The van der Waals surface area contributed by atoms with Crippen LogP contribution < -0.4 is 29.6 Å². The maximum atomic E-state index is 11.1. The minimum Gasteiger partial charge on any atom is -0.744 e. The van der Waals surface area contributed by atoms with Crippen LogP contribution in [-0.4, -0.2) is 13.0 Å². The molecule has 1 rings (SSSR count). The van der Waals surface area contributed by atoms with Crippen LogP contribution in [0, 0.1) is 0 Å². The quantitative estimate of drug-likeness (QED) is 0.278. The molecule has 0 aliphatic carbocycles. The van der Waals surface area contributed by atoms with Crippen molar-refractivity contribution in [1.29, 1.82) is 0 Å². The summed E-state index contributed by atoms with van der Waals surface area (Å²) in [5.74, 6) is 0.477. The second-order valence-corrected chi connectivity index (χ2v) is 8.51. The number of hydrogen-bond acceptors (Lipinski definition) is 3. The standard InChI is InChI=1S/C21H36O3S.Na/c1-3-5-7-8-9-10-12-14-19(13-11-6-4-2)20-15-17-21(18-16-20)25(22,23)24;/h15-19H,3-14H2,1-2H3,(H,22,23,24);/q;+1/p-1. The van der Waals surface area contributed by atoms with E-state index in [0.717, 1.165) is 12.8 Å². The molecular formula is C21H35NaO3S. The Morgan fingerprint density at radius 3 is 1.69 bits per heavy atom. The predicted octanol–water partition coefficient (Wildman–Crippen LogP) is 3.40. The van der Waals surface area contributed by atoms with E-state index in [0.29, 0.717) is 5.92 Å². The van der Waals surface area contributed by atoms with Crippen LogP contribution in [0.15, 0.2) is 29.2 Å². The van der Waals surface area contributed by atoms with E-state index in [-0.39, 0.29) is 34.5 Å². The Bertz CT molecular complexity index is 555. The zero-order chi connectivity index (χ0) is 18.5. The fourth-order valence-corrected chi connectivity index (χ4v) is 3.84. The first-order chi connectivity index (χ1) is 12.0. The van der Waals surface area contributed by atoms with Crippen molar-refractivity contribution < 1.29 is 42.5 Å². The summed E-state index contributed by atoms with van der Waals surface area (Å²) < 4.78 is 33.3. The summed E-state index contributed by atoms with van der Waals surface area (Å²) in [5.41, 5.74) is 1.18. The first-order valence-corrected chi connectivity index (χ1v) is 11.5. The normalized spacial score (nSPS) is 12.6. The van der Waals surface area contributed by atoms with Crippen molar-refractivity contribution in [2.75, 3.05) is 0 Å². The van der Waals surface area contributed by atoms with E-state index in [1.54, 1.807) is 0 Å². The van der Waals surface area contributed by atoms with E-state index in [4.69, 9.17) is 0 Å². The van der Waals surface area contributed by atoms with Crippen molar-refractivity contribution >= 4 is 10.1 Å². The molecule has 0 bridgehead atoms. The number of unbranched alkanes of at least 4 members (excludes halogenated alkanes) is 8. The fraction of sp³-hybridized carbons (Fsp3) is 0.714. The Balaban J connectivity index is 0.00000625. The summed E-state index contributed by atoms with van der Waals surface area (Å²) in [5, 5.41) is 0. The zero-order valence-corrected chi connectivity index (χ0v) is 19.8. The smallest absolute Gasteiger partial charge is 0.744 e. The molecule has 0 aliphatic heterocycles. The van der Waals surface area contributed by atoms with Crippen LogP contribution in [-0.2, 0) is 10.1 Å². The summed E-state index contributed by atoms with van der Waals surface area (Å²) in [4.78, 5) is -0.125. The van der Waals surface area contributed by atoms with Crippen LogP contribution in [0.1, 0.15) is 102 Å². The van der Waals surface area contributed by atoms with E-state index in [1.807, 2.05) is 12.1 Å². The molecule has 1 atom stereocenters. The average molecular weight is 391 g/mol. The molecule has 0 aliphatic rings. The van der Waals surface area contributed by atoms with Crippen molar-refractivity contribution in [3.63, 3.8) is 0 Å². The molecule has 0 spiro atoms. The fourth-order valence-electron chi connectivity index (χ4n) is 3.37. The Morgan fingerprint density at radius 1 is 0.769 bits per heavy atom. The van der Waals surface area contributed by atoms with Crippen molar-refractivity contribution in [3.8, 4) is 0 Å². The van der Waals surface area contributed by atoms with Crippen LogP contribution in [0.3, 0.4) is 0 Å². The van der Waals surface area contributed by atoms with Gasteiger partial charge in [-0.05, 0) is 36.5 Å². The van der Waals surface area contributed by atoms with Gasteiger partial charge < -0.3 is 4.55 Å². The van der Waals surface area contributed by atoms with Crippen molar-refractivity contribution in [2.24, 2.45) is 0 Å². The van der Waals surface area contributed by atoms with Gasteiger partial charge in [0.15, 0.2) is 0 Å². The largest absolute Gasteiger partial charge is 1.00 e. The van der Waals surface area contributed by atoms with E-state index < -0.39 is 10.1 Å². The maximum absolute atomic E-state index is 11.1. The SMILES string of the molecule is CCCCCCCCCC(CCCCC)c1ccc(S(=O)(=O)[O-])cc1.[Na+]. The van der Waals surface area contributed by atoms with E-state index >= 15 is 0 Å². The molecule has 0 aromatic heterocycles. The molecule has 0 N–H and O–H groups in total. The number of hydrogen-bond donors (Lipinski definition) is 0. The van der Waals surface area contributed by atoms with Gasteiger partial charge in [-0.3, -0.25) is 0 Å². The second kappa shape index (κ2) is 15.1. The molecule has 0 radical (unpaired) electrons. The molecule has 0 saturated heterocycles. The topological polar surface area (TPSA) is 57.2 Å². The van der Waals surface area contributed by atoms with Gasteiger partial charge in [-0.25, -0.2) is 8.42 Å². The summed E-state index contributed by atoms with van der Waals surface area (Å²) in [7, 11) is -4.35. The minimum atomic E-state index is -4.35. The second-order valence-electron chi connectivity index (χ2n) is 7.13. The molecule has 0 amide bonds. The van der Waals surface area contributed by atoms with Gasteiger partial charge in [0.05, 0.1) is 4.90 Å². The molecule has 1 unspecified atom stereocenters. The molecule has 3 nitrogen and oxygen atoms in total. The Hall–Kier alpha value is 0.130. The summed E-state index contributed by atoms with van der Waals surface area (Å²) in [6.45, 7) is 4.45. The summed E-state index contributed by atoms with van der Waals surface area (Å²) in [6, 6.07) is 6.61. The Kier molecular flexibility index (Phi) is 15.2. The molecule has 1 aromatic carbocycles. The van der Waals surface area contributed by atoms with Crippen LogP contribution >= 0.6 is 0 Å². The minimum absolute atomic E-state index is 0. The van der Waals surface area contributed by atoms with E-state index in [1.165, 1.54) is 81.9 Å². The van der Waals surface area contributed by atoms with Crippen LogP contribution in [0.5, 0.6) is 0 Å². The van der Waals surface area contributed by atoms with Gasteiger partial charge in [0.25, 0.3) is 0 Å². The molecule has 0 fully saturated rings. The van der Waals surface area contributed by atoms with Crippen molar-refractivity contribution in [3.05, 3.63) is 29.8 Å². The van der Waals surface area contributed by atoms with E-state index in [9.17, 15) is 13.0 Å². The van der Waals surface area contributed by atoms with Gasteiger partial charge in [0, 0.05) is 0 Å². The molecular weight excluding hydrogens is 355 g/mol. The number of rotatable bonds is 14. The van der Waals surface area contributed by atoms with Gasteiger partial charge in [-0.2, -0.15) is 0 Å². The van der Waals surface area contributed by atoms with Gasteiger partial charge in [0.1, 0.15) is 10.1 Å². The van der Waals surface area contributed by atoms with Crippen molar-refractivity contribution in [1.82, 2.24) is 0 Å². The Morgan fingerprint density at radius 2 is 1.19 bits per heavy atom. The average Bonchev–Trinajstić information content (AvgIpc) is 2.59. The molecule has 1 aromatic rings. The van der Waals surface area contributed by atoms with Crippen molar-refractivity contribution in [2.45, 2.75) is 102 Å². The van der Waals surface area contributed by atoms with E-state index in [2.05, 4.69) is 13.8 Å². The summed E-state index contributed by atoms with van der Waals surface area (Å²) >= 11 is 0. The van der Waals surface area contributed by atoms with Gasteiger partial charge in [-0.1, -0.05) is 90.2 Å². The van der Waals surface area contributed by atoms with Gasteiger partial charge in [0.2, 0.25) is 0 Å². The number of benzene rings is 1. The zero-order valence-electron chi connectivity index (χ0n) is 17.0. The molecule has 0 saturated carbocycles. The first kappa shape index (κ1) is 26.1. The third kappa shape index (κ3) is 11.1. The first-order valence-electron chi connectivity index (χ1n) is 10.0. The van der Waals surface area contributed by atoms with Crippen LogP contribution in [0.25, 0.3) is 0 Å². The van der Waals surface area contributed by atoms with Crippen LogP contribution in [0.2, 0.25) is 0 Å². The van der Waals surface area contributed by atoms with Gasteiger partial charge in [-0.15, -0.1) is 0 Å². The van der Waals surface area contributed by atoms with Crippen LogP contribution in [0.4, 0.5) is 0 Å². The maximum Gasteiger partial charge on any atom is 1.00 e. The third-order valence-electron chi connectivity index (χ3n) is 4.95. The summed E-state index contributed by atoms with van der Waals surface area (Å²) in [6.07, 6.45) is 15.1. The molecule has 0 heterocycles. The third-order valence-corrected chi connectivity index (χ3v) is 5.80.